The Morgan fingerprint density at radius 1 is 1.11 bits per heavy atom. The van der Waals surface area contributed by atoms with Crippen molar-refractivity contribution in [2.24, 2.45) is 11.8 Å². The third-order valence-electron chi connectivity index (χ3n) is 8.19. The minimum absolute atomic E-state index is 0.0287. The summed E-state index contributed by atoms with van der Waals surface area (Å²) in [5.74, 6) is -0.0884. The molecule has 2 saturated heterocycles. The van der Waals surface area contributed by atoms with Gasteiger partial charge in [0.15, 0.2) is 0 Å². The number of benzene rings is 2. The molecule has 4 rings (SSSR count). The first kappa shape index (κ1) is 28.1. The van der Waals surface area contributed by atoms with E-state index in [-0.39, 0.29) is 29.7 Å². The van der Waals surface area contributed by atoms with Crippen molar-refractivity contribution in [2.45, 2.75) is 65.6 Å². The Hall–Kier alpha value is -2.90. The summed E-state index contributed by atoms with van der Waals surface area (Å²) < 4.78 is 5.63. The number of piperidine rings is 1. The summed E-state index contributed by atoms with van der Waals surface area (Å²) in [7, 11) is 1.94. The first-order chi connectivity index (χ1) is 18.3. The van der Waals surface area contributed by atoms with Gasteiger partial charge < -0.3 is 25.6 Å². The van der Waals surface area contributed by atoms with Crippen LogP contribution in [-0.2, 0) is 16.1 Å². The van der Waals surface area contributed by atoms with E-state index in [1.54, 1.807) is 0 Å². The summed E-state index contributed by atoms with van der Waals surface area (Å²) >= 11 is 0. The van der Waals surface area contributed by atoms with Gasteiger partial charge in [0, 0.05) is 56.2 Å². The Bertz CT molecular complexity index is 1110. The van der Waals surface area contributed by atoms with E-state index in [4.69, 9.17) is 4.74 Å². The highest BCUT2D eigenvalue weighted by atomic mass is 16.5. The van der Waals surface area contributed by atoms with E-state index in [0.717, 1.165) is 67.9 Å². The van der Waals surface area contributed by atoms with Gasteiger partial charge >= 0.3 is 0 Å². The smallest absolute Gasteiger partial charge is 0.251 e. The number of nitrogens with zero attached hydrogens (tertiary/aromatic N) is 1. The molecular weight excluding hydrogens is 476 g/mol. The number of hydrogen-bond donors (Lipinski definition) is 3. The number of ether oxygens (including phenoxy) is 1. The SMILES string of the molecule is CCN(c1cc(-c2ccc(CNC)cc2)cc(C(=O)NCC2C(=O)NC(C)CC2C)c1C)C1CCOCC1. The van der Waals surface area contributed by atoms with Crippen LogP contribution in [0, 0.1) is 18.8 Å². The van der Waals surface area contributed by atoms with Crippen molar-refractivity contribution in [1.82, 2.24) is 16.0 Å². The molecule has 38 heavy (non-hydrogen) atoms. The molecule has 7 nitrogen and oxygen atoms in total. The fourth-order valence-electron chi connectivity index (χ4n) is 6.02. The number of hydrogen-bond acceptors (Lipinski definition) is 5. The van der Waals surface area contributed by atoms with Gasteiger partial charge in [0.25, 0.3) is 5.91 Å². The summed E-state index contributed by atoms with van der Waals surface area (Å²) in [6, 6.07) is 13.3. The summed E-state index contributed by atoms with van der Waals surface area (Å²) in [4.78, 5) is 28.7. The molecule has 0 bridgehead atoms. The standard InChI is InChI=1S/C31H44N4O3/c1-6-35(26-11-13-38-14-12-26)29-17-25(24-9-7-23(8-10-24)18-32-5)16-27(22(29)4)30(36)33-19-28-20(2)15-21(3)34-31(28)37/h7-10,16-17,20-21,26,28,32H,6,11-15,18-19H2,1-5H3,(H,33,36)(H,34,37). The molecule has 2 aromatic carbocycles. The number of amides is 2. The zero-order chi connectivity index (χ0) is 27.2. The predicted octanol–water partition coefficient (Wildman–Crippen LogP) is 4.28. The molecule has 206 valence electrons. The van der Waals surface area contributed by atoms with Crippen LogP contribution in [0.3, 0.4) is 0 Å². The van der Waals surface area contributed by atoms with E-state index in [0.29, 0.717) is 18.2 Å². The molecule has 2 aliphatic heterocycles. The largest absolute Gasteiger partial charge is 0.381 e. The monoisotopic (exact) mass is 520 g/mol. The molecule has 3 N–H and O–H groups in total. The molecule has 2 aromatic rings. The van der Waals surface area contributed by atoms with Crippen LogP contribution < -0.4 is 20.9 Å². The number of carbonyl (C=O) groups is 2. The fourth-order valence-corrected chi connectivity index (χ4v) is 6.02. The van der Waals surface area contributed by atoms with Crippen molar-refractivity contribution in [2.75, 3.05) is 38.3 Å². The summed E-state index contributed by atoms with van der Waals surface area (Å²) in [6.07, 6.45) is 2.88. The highest BCUT2D eigenvalue weighted by Crippen LogP contribution is 2.34. The van der Waals surface area contributed by atoms with Gasteiger partial charge in [-0.1, -0.05) is 31.2 Å². The van der Waals surface area contributed by atoms with E-state index < -0.39 is 0 Å². The normalized spacial score (nSPS) is 22.1. The Morgan fingerprint density at radius 2 is 1.82 bits per heavy atom. The van der Waals surface area contributed by atoms with Crippen LogP contribution >= 0.6 is 0 Å². The third-order valence-corrected chi connectivity index (χ3v) is 8.19. The Balaban J connectivity index is 1.67. The highest BCUT2D eigenvalue weighted by Gasteiger charge is 2.32. The minimum Gasteiger partial charge on any atom is -0.381 e. The van der Waals surface area contributed by atoms with Crippen LogP contribution in [0.25, 0.3) is 11.1 Å². The molecule has 0 radical (unpaired) electrons. The number of nitrogens with one attached hydrogen (secondary N) is 3. The highest BCUT2D eigenvalue weighted by molar-refractivity contribution is 5.99. The first-order valence-corrected chi connectivity index (χ1v) is 14.1. The van der Waals surface area contributed by atoms with Crippen molar-refractivity contribution in [3.8, 4) is 11.1 Å². The molecule has 7 heteroatoms. The molecule has 3 unspecified atom stereocenters. The van der Waals surface area contributed by atoms with Gasteiger partial charge in [-0.15, -0.1) is 0 Å². The lowest BCUT2D eigenvalue weighted by Gasteiger charge is -2.37. The van der Waals surface area contributed by atoms with E-state index in [1.807, 2.05) is 27.0 Å². The second-order valence-corrected chi connectivity index (χ2v) is 11.0. The molecule has 2 amide bonds. The average molecular weight is 521 g/mol. The van der Waals surface area contributed by atoms with Crippen molar-refractivity contribution in [3.63, 3.8) is 0 Å². The lowest BCUT2D eigenvalue weighted by molar-refractivity contribution is -0.129. The van der Waals surface area contributed by atoms with E-state index in [9.17, 15) is 9.59 Å². The lowest BCUT2D eigenvalue weighted by atomic mass is 9.84. The maximum Gasteiger partial charge on any atom is 0.251 e. The van der Waals surface area contributed by atoms with Crippen LogP contribution in [0.5, 0.6) is 0 Å². The van der Waals surface area contributed by atoms with Crippen molar-refractivity contribution in [3.05, 3.63) is 53.1 Å². The molecule has 2 heterocycles. The quantitative estimate of drug-likeness (QED) is 0.460. The van der Waals surface area contributed by atoms with Crippen molar-refractivity contribution in [1.29, 1.82) is 0 Å². The zero-order valence-corrected chi connectivity index (χ0v) is 23.6. The second kappa shape index (κ2) is 12.8. The van der Waals surface area contributed by atoms with Crippen LogP contribution in [0.15, 0.2) is 36.4 Å². The fraction of sp³-hybridized carbons (Fsp3) is 0.548. The minimum atomic E-state index is -0.216. The van der Waals surface area contributed by atoms with Crippen LogP contribution in [0.4, 0.5) is 5.69 Å². The Morgan fingerprint density at radius 3 is 2.45 bits per heavy atom. The van der Waals surface area contributed by atoms with Gasteiger partial charge in [0.05, 0.1) is 5.92 Å². The van der Waals surface area contributed by atoms with Gasteiger partial charge in [0.1, 0.15) is 0 Å². The third kappa shape index (κ3) is 6.38. The van der Waals surface area contributed by atoms with Crippen molar-refractivity contribution >= 4 is 17.5 Å². The van der Waals surface area contributed by atoms with Gasteiger partial charge in [-0.05, 0) is 87.4 Å². The molecule has 3 atom stereocenters. The Kier molecular flexibility index (Phi) is 9.44. The first-order valence-electron chi connectivity index (χ1n) is 14.1. The second-order valence-electron chi connectivity index (χ2n) is 11.0. The van der Waals surface area contributed by atoms with E-state index in [1.165, 1.54) is 5.56 Å². The Labute approximate surface area is 227 Å². The molecular formula is C31H44N4O3. The van der Waals surface area contributed by atoms with Gasteiger partial charge in [-0.3, -0.25) is 9.59 Å². The number of anilines is 1. The van der Waals surface area contributed by atoms with Crippen molar-refractivity contribution < 1.29 is 14.3 Å². The van der Waals surface area contributed by atoms with Gasteiger partial charge in [-0.25, -0.2) is 0 Å². The summed E-state index contributed by atoms with van der Waals surface area (Å²) in [6.45, 7) is 11.9. The van der Waals surface area contributed by atoms with Crippen LogP contribution in [0.2, 0.25) is 0 Å². The molecule has 0 aliphatic carbocycles. The van der Waals surface area contributed by atoms with Gasteiger partial charge in [0.2, 0.25) is 5.91 Å². The maximum atomic E-state index is 13.7. The van der Waals surface area contributed by atoms with E-state index in [2.05, 4.69) is 65.0 Å². The average Bonchev–Trinajstić information content (AvgIpc) is 2.90. The van der Waals surface area contributed by atoms with Crippen LogP contribution in [0.1, 0.15) is 61.5 Å². The number of rotatable bonds is 9. The molecule has 2 fully saturated rings. The molecule has 2 aliphatic rings. The number of carbonyl (C=O) groups excluding carboxylic acids is 2. The molecule has 0 aromatic heterocycles. The van der Waals surface area contributed by atoms with E-state index >= 15 is 0 Å². The molecule has 0 saturated carbocycles. The summed E-state index contributed by atoms with van der Waals surface area (Å²) in [5, 5.41) is 9.34. The summed E-state index contributed by atoms with van der Waals surface area (Å²) in [5.41, 5.74) is 6.06. The lowest BCUT2D eigenvalue weighted by Crippen LogP contribution is -2.50. The zero-order valence-electron chi connectivity index (χ0n) is 23.6. The predicted molar refractivity (Wildman–Crippen MR) is 153 cm³/mol. The molecule has 0 spiro atoms. The maximum absolute atomic E-state index is 13.7. The van der Waals surface area contributed by atoms with Crippen LogP contribution in [-0.4, -0.2) is 57.2 Å². The van der Waals surface area contributed by atoms with Gasteiger partial charge in [-0.2, -0.15) is 0 Å². The topological polar surface area (TPSA) is 82.7 Å².